The lowest BCUT2D eigenvalue weighted by Gasteiger charge is -2.50. The number of benzene rings is 4. The number of hydrogen-bond acceptors (Lipinski definition) is 6. The van der Waals surface area contributed by atoms with Gasteiger partial charge in [-0.05, 0) is 28.7 Å². The van der Waals surface area contributed by atoms with Crippen molar-refractivity contribution in [3.63, 3.8) is 0 Å². The van der Waals surface area contributed by atoms with Gasteiger partial charge >= 0.3 is 0 Å². The Balaban J connectivity index is 1.45. The summed E-state index contributed by atoms with van der Waals surface area (Å²) in [5.74, 6) is -1.68. The van der Waals surface area contributed by atoms with E-state index in [0.717, 1.165) is 22.3 Å². The molecule has 4 aromatic rings. The Morgan fingerprint density at radius 3 is 1.59 bits per heavy atom. The van der Waals surface area contributed by atoms with Crippen LogP contribution in [0.15, 0.2) is 121 Å². The summed E-state index contributed by atoms with van der Waals surface area (Å²) in [6.07, 6.45) is -1.27. The van der Waals surface area contributed by atoms with E-state index in [9.17, 15) is 5.11 Å². The average Bonchev–Trinajstić information content (AvgIpc) is 3.08. The third kappa shape index (κ3) is 9.08. The van der Waals surface area contributed by atoms with Gasteiger partial charge < -0.3 is 28.8 Å². The Morgan fingerprint density at radius 2 is 1.09 bits per heavy atom. The zero-order chi connectivity index (χ0) is 31.2. The Kier molecular flexibility index (Phi) is 11.6. The van der Waals surface area contributed by atoms with Gasteiger partial charge in [0.25, 0.3) is 0 Å². The summed E-state index contributed by atoms with van der Waals surface area (Å²) in [6.45, 7) is 1.76. The van der Waals surface area contributed by atoms with Gasteiger partial charge in [0.2, 0.25) is 0 Å². The fourth-order valence-corrected chi connectivity index (χ4v) is 5.52. The van der Waals surface area contributed by atoms with E-state index in [-0.39, 0.29) is 26.5 Å². The molecule has 1 saturated heterocycles. The highest BCUT2D eigenvalue weighted by atomic mass is 16.7. The van der Waals surface area contributed by atoms with Gasteiger partial charge in [-0.1, -0.05) is 135 Å². The quantitative estimate of drug-likeness (QED) is 0.137. The van der Waals surface area contributed by atoms with Crippen molar-refractivity contribution in [3.8, 4) is 0 Å². The highest BCUT2D eigenvalue weighted by Crippen LogP contribution is 2.38. The molecule has 4 aromatic carbocycles. The first kappa shape index (κ1) is 30.7. The molecular formula is C38H44O6. The van der Waals surface area contributed by atoms with Crippen LogP contribution in [0.25, 0.3) is 0 Å². The highest BCUT2D eigenvalue weighted by Gasteiger charge is 2.55. The maximum Gasteiger partial charge on any atom is 0.195 e. The largest absolute Gasteiger partial charge is 0.374 e. The summed E-state index contributed by atoms with van der Waals surface area (Å²) in [5, 5.41) is 12.3. The van der Waals surface area contributed by atoms with Crippen molar-refractivity contribution in [2.75, 3.05) is 6.61 Å². The van der Waals surface area contributed by atoms with Crippen LogP contribution in [0, 0.1) is 0 Å². The summed E-state index contributed by atoms with van der Waals surface area (Å²) in [7, 11) is 0. The number of aliphatic hydroxyl groups is 1. The molecule has 1 heterocycles. The third-order valence-electron chi connectivity index (χ3n) is 7.81. The summed E-state index contributed by atoms with van der Waals surface area (Å²) in [6, 6.07) is 39.8. The van der Waals surface area contributed by atoms with Crippen LogP contribution >= 0.6 is 0 Å². The molecule has 1 aliphatic rings. The van der Waals surface area contributed by atoms with Crippen LogP contribution in [0.5, 0.6) is 0 Å². The molecule has 0 amide bonds. The molecule has 1 fully saturated rings. The summed E-state index contributed by atoms with van der Waals surface area (Å²) in [4.78, 5) is 0. The van der Waals surface area contributed by atoms with E-state index in [4.69, 9.17) is 25.1 Å². The van der Waals surface area contributed by atoms with Gasteiger partial charge in [0.1, 0.15) is 24.4 Å². The number of rotatable bonds is 16. The van der Waals surface area contributed by atoms with Crippen molar-refractivity contribution in [2.45, 2.75) is 82.8 Å². The molecule has 0 saturated carbocycles. The van der Waals surface area contributed by atoms with E-state index in [2.05, 4.69) is 0 Å². The summed E-state index contributed by atoms with van der Waals surface area (Å²) >= 11 is 0. The van der Waals surface area contributed by atoms with Gasteiger partial charge in [0.15, 0.2) is 5.79 Å². The number of unbranched alkanes of at least 4 members (excludes halogenated alkanes) is 1. The van der Waals surface area contributed by atoms with Gasteiger partial charge in [0, 0.05) is 7.79 Å². The molecule has 0 spiro atoms. The summed E-state index contributed by atoms with van der Waals surface area (Å²) < 4.78 is 40.3. The van der Waals surface area contributed by atoms with Crippen LogP contribution in [0.3, 0.4) is 0 Å². The summed E-state index contributed by atoms with van der Waals surface area (Å²) in [5.41, 5.74) is 4.04. The van der Waals surface area contributed by atoms with Gasteiger partial charge in [-0.2, -0.15) is 0 Å². The Morgan fingerprint density at radius 1 is 0.636 bits per heavy atom. The molecule has 6 heteroatoms. The van der Waals surface area contributed by atoms with Crippen LogP contribution in [-0.2, 0) is 50.1 Å². The first-order chi connectivity index (χ1) is 22.1. The number of ether oxygens (including phenoxy) is 5. The lowest BCUT2D eigenvalue weighted by atomic mass is 9.88. The Labute approximate surface area is 262 Å². The number of hydrogen-bond donors (Lipinski definition) is 1. The van der Waals surface area contributed by atoms with Crippen molar-refractivity contribution in [2.24, 2.45) is 0 Å². The predicted molar refractivity (Wildman–Crippen MR) is 171 cm³/mol. The maximum atomic E-state index is 12.3. The van der Waals surface area contributed by atoms with Gasteiger partial charge in [-0.25, -0.2) is 0 Å². The van der Waals surface area contributed by atoms with E-state index >= 15 is 0 Å². The van der Waals surface area contributed by atoms with Gasteiger partial charge in [-0.3, -0.25) is 0 Å². The average molecular weight is 598 g/mol. The van der Waals surface area contributed by atoms with Crippen LogP contribution in [0.4, 0.5) is 0 Å². The molecular weight excluding hydrogens is 552 g/mol. The van der Waals surface area contributed by atoms with E-state index in [1.807, 2.05) is 121 Å². The molecule has 1 aliphatic heterocycles. The van der Waals surface area contributed by atoms with Crippen molar-refractivity contribution in [1.29, 1.82) is 0 Å². The zero-order valence-corrected chi connectivity index (χ0v) is 25.2. The topological polar surface area (TPSA) is 66.4 Å². The molecule has 0 radical (unpaired) electrons. The Bertz CT molecular complexity index is 1360. The molecule has 6 nitrogen and oxygen atoms in total. The molecule has 5 rings (SSSR count). The van der Waals surface area contributed by atoms with Gasteiger partial charge in [-0.15, -0.1) is 0 Å². The van der Waals surface area contributed by atoms with E-state index < -0.39 is 30.2 Å². The van der Waals surface area contributed by atoms with Crippen molar-refractivity contribution in [3.05, 3.63) is 144 Å². The van der Waals surface area contributed by atoms with E-state index in [0.29, 0.717) is 32.7 Å². The minimum atomic E-state index is -1.68. The molecule has 1 N–H and O–H groups in total. The van der Waals surface area contributed by atoms with E-state index in [1.165, 1.54) is 0 Å². The minimum absolute atomic E-state index is 0.186. The van der Waals surface area contributed by atoms with Crippen molar-refractivity contribution < 1.29 is 30.2 Å². The van der Waals surface area contributed by atoms with Crippen LogP contribution in [0.1, 0.15) is 49.8 Å². The monoisotopic (exact) mass is 597 g/mol. The second-order valence-electron chi connectivity index (χ2n) is 11.2. The molecule has 0 bridgehead atoms. The maximum absolute atomic E-state index is 12.3. The SMILES string of the molecule is [2H]CCCCC1(O)O[C@H](COCc2ccccc2)[C@@H](OCc2ccccc2)[C@H](OCc2ccccc2)[C@H]1OCc1ccccc1. The third-order valence-corrected chi connectivity index (χ3v) is 7.81. The van der Waals surface area contributed by atoms with Crippen LogP contribution in [0.2, 0.25) is 0 Å². The molecule has 0 aromatic heterocycles. The molecule has 5 atom stereocenters. The second-order valence-corrected chi connectivity index (χ2v) is 11.2. The lowest BCUT2D eigenvalue weighted by Crippen LogP contribution is -2.67. The Hall–Kier alpha value is -3.36. The fourth-order valence-electron chi connectivity index (χ4n) is 5.52. The first-order valence-corrected chi connectivity index (χ1v) is 15.4. The zero-order valence-electron chi connectivity index (χ0n) is 26.2. The predicted octanol–water partition coefficient (Wildman–Crippen LogP) is 7.24. The second kappa shape index (κ2) is 16.6. The molecule has 232 valence electrons. The fraction of sp³-hybridized carbons (Fsp3) is 0.368. The minimum Gasteiger partial charge on any atom is -0.374 e. The van der Waals surface area contributed by atoms with Crippen LogP contribution < -0.4 is 0 Å². The van der Waals surface area contributed by atoms with E-state index in [1.54, 1.807) is 0 Å². The standard InChI is InChI=1S/C38H44O6/c1-2-3-24-38(39)37(43-28-33-22-14-7-15-23-33)36(42-27-32-20-12-6-13-21-32)35(41-26-31-18-10-5-11-19-31)34(44-38)29-40-25-30-16-8-4-9-17-30/h4-23,34-37,39H,2-3,24-29H2,1H3/t34-,35-,36+,37-,38?/m1/s1/i1D. The first-order valence-electron chi connectivity index (χ1n) is 16.1. The lowest BCUT2D eigenvalue weighted by molar-refractivity contribution is -0.372. The van der Waals surface area contributed by atoms with Crippen LogP contribution in [-0.4, -0.2) is 41.9 Å². The highest BCUT2D eigenvalue weighted by molar-refractivity contribution is 5.16. The molecule has 44 heavy (non-hydrogen) atoms. The molecule has 1 unspecified atom stereocenters. The molecule has 0 aliphatic carbocycles. The van der Waals surface area contributed by atoms with Crippen molar-refractivity contribution in [1.82, 2.24) is 0 Å². The van der Waals surface area contributed by atoms with Gasteiger partial charge in [0.05, 0.1) is 33.0 Å². The smallest absolute Gasteiger partial charge is 0.195 e. The van der Waals surface area contributed by atoms with Crippen molar-refractivity contribution >= 4 is 0 Å². The normalized spacial score (nSPS) is 23.7.